The first-order valence-electron chi connectivity index (χ1n) is 11.8. The Balaban J connectivity index is 1.31. The Bertz CT molecular complexity index is 1300. The van der Waals surface area contributed by atoms with Gasteiger partial charge in [0.05, 0.1) is 29.3 Å². The van der Waals surface area contributed by atoms with Crippen LogP contribution in [0, 0.1) is 11.7 Å². The van der Waals surface area contributed by atoms with Crippen LogP contribution >= 0.6 is 11.6 Å². The summed E-state index contributed by atoms with van der Waals surface area (Å²) in [6, 6.07) is 0. The molecule has 0 spiro atoms. The quantitative estimate of drug-likeness (QED) is 0.538. The zero-order valence-electron chi connectivity index (χ0n) is 19.8. The molecule has 3 aromatic heterocycles. The van der Waals surface area contributed by atoms with Crippen molar-refractivity contribution in [1.82, 2.24) is 29.4 Å². The predicted molar refractivity (Wildman–Crippen MR) is 134 cm³/mol. The Morgan fingerprint density at radius 2 is 1.83 bits per heavy atom. The van der Waals surface area contributed by atoms with Crippen molar-refractivity contribution in [3.8, 4) is 0 Å². The van der Waals surface area contributed by atoms with Gasteiger partial charge in [0.15, 0.2) is 17.3 Å². The van der Waals surface area contributed by atoms with Gasteiger partial charge in [-0.2, -0.15) is 0 Å². The van der Waals surface area contributed by atoms with Crippen molar-refractivity contribution in [1.29, 1.82) is 0 Å². The lowest BCUT2D eigenvalue weighted by atomic mass is 9.94. The summed E-state index contributed by atoms with van der Waals surface area (Å²) in [5.41, 5.74) is 6.68. The normalized spacial score (nSPS) is 17.5. The molecule has 3 aromatic rings. The van der Waals surface area contributed by atoms with E-state index in [-0.39, 0.29) is 40.2 Å². The number of nitrogens with one attached hydrogen (secondary N) is 1. The monoisotopic (exact) mass is 515 g/mol. The highest BCUT2D eigenvalue weighted by molar-refractivity contribution is 6.30. The van der Waals surface area contributed by atoms with Crippen molar-refractivity contribution >= 4 is 46.3 Å². The molecule has 0 aromatic carbocycles. The molecule has 0 unspecified atom stereocenters. The molecule has 2 amide bonds. The largest absolute Gasteiger partial charge is 0.381 e. The lowest BCUT2D eigenvalue weighted by Gasteiger charge is -2.38. The summed E-state index contributed by atoms with van der Waals surface area (Å²) < 4.78 is 16.3. The first kappa shape index (κ1) is 24.2. The minimum Gasteiger partial charge on any atom is -0.381 e. The molecular formula is C23H27ClFN9O2. The summed E-state index contributed by atoms with van der Waals surface area (Å²) in [4.78, 5) is 40.2. The fraction of sp³-hybridized carbons (Fsp3) is 0.435. The van der Waals surface area contributed by atoms with Gasteiger partial charge in [-0.05, 0) is 19.9 Å². The number of amides is 2. The van der Waals surface area contributed by atoms with Crippen molar-refractivity contribution in [3.05, 3.63) is 41.2 Å². The van der Waals surface area contributed by atoms with E-state index < -0.39 is 11.7 Å². The number of rotatable bonds is 4. The lowest BCUT2D eigenvalue weighted by molar-refractivity contribution is -0.137. The minimum atomic E-state index is -0.592. The molecule has 0 bridgehead atoms. The van der Waals surface area contributed by atoms with E-state index in [4.69, 9.17) is 17.3 Å². The Hall–Kier alpha value is -3.51. The second kappa shape index (κ2) is 9.86. The zero-order valence-corrected chi connectivity index (χ0v) is 20.6. The van der Waals surface area contributed by atoms with Crippen molar-refractivity contribution in [2.24, 2.45) is 5.92 Å². The molecule has 0 atom stereocenters. The number of piperazine rings is 1. The third kappa shape index (κ3) is 4.65. The van der Waals surface area contributed by atoms with Gasteiger partial charge >= 0.3 is 0 Å². The first-order chi connectivity index (χ1) is 17.3. The van der Waals surface area contributed by atoms with Gasteiger partial charge in [0.2, 0.25) is 5.91 Å². The second-order valence-electron chi connectivity index (χ2n) is 9.16. The predicted octanol–water partition coefficient (Wildman–Crippen LogP) is 1.74. The third-order valence-electron chi connectivity index (χ3n) is 6.79. The molecule has 11 nitrogen and oxygen atoms in total. The van der Waals surface area contributed by atoms with Crippen LogP contribution in [0.1, 0.15) is 23.2 Å². The molecule has 5 rings (SSSR count). The molecule has 2 aliphatic rings. The van der Waals surface area contributed by atoms with Crippen LogP contribution < -0.4 is 16.0 Å². The summed E-state index contributed by atoms with van der Waals surface area (Å²) in [5.74, 6) is -1.11. The Morgan fingerprint density at radius 3 is 2.56 bits per heavy atom. The number of anilines is 3. The number of likely N-dealkylation sites (N-methyl/N-ethyl adjacent to an activating group) is 1. The number of carbonyl (C=O) groups excluding carboxylic acids is 2. The van der Waals surface area contributed by atoms with E-state index in [1.807, 2.05) is 9.80 Å². The van der Waals surface area contributed by atoms with Crippen LogP contribution in [0.3, 0.4) is 0 Å². The van der Waals surface area contributed by atoms with Gasteiger partial charge in [0.25, 0.3) is 5.91 Å². The molecule has 2 fully saturated rings. The Labute approximate surface area is 212 Å². The molecule has 190 valence electrons. The zero-order chi connectivity index (χ0) is 25.4. The molecule has 36 heavy (non-hydrogen) atoms. The smallest absolute Gasteiger partial charge is 0.263 e. The van der Waals surface area contributed by atoms with Crippen molar-refractivity contribution in [2.45, 2.75) is 12.8 Å². The van der Waals surface area contributed by atoms with Gasteiger partial charge in [0.1, 0.15) is 11.3 Å². The molecule has 0 aliphatic carbocycles. The van der Waals surface area contributed by atoms with E-state index in [2.05, 4.69) is 32.3 Å². The number of nitrogens with two attached hydrogens (primary N) is 1. The van der Waals surface area contributed by atoms with Crippen LogP contribution in [0.2, 0.25) is 5.02 Å². The van der Waals surface area contributed by atoms with E-state index in [1.165, 1.54) is 23.1 Å². The maximum absolute atomic E-state index is 15.0. The maximum atomic E-state index is 15.0. The summed E-state index contributed by atoms with van der Waals surface area (Å²) in [6.45, 7) is 4.17. The fourth-order valence-electron chi connectivity index (χ4n) is 4.81. The molecule has 0 saturated carbocycles. The Morgan fingerprint density at radius 1 is 1.11 bits per heavy atom. The average molecular weight is 516 g/mol. The van der Waals surface area contributed by atoms with Crippen LogP contribution in [-0.4, -0.2) is 87.5 Å². The molecule has 0 radical (unpaired) electrons. The van der Waals surface area contributed by atoms with Gasteiger partial charge in [0, 0.05) is 51.4 Å². The highest BCUT2D eigenvalue weighted by atomic mass is 35.5. The average Bonchev–Trinajstić information content (AvgIpc) is 3.19. The van der Waals surface area contributed by atoms with Gasteiger partial charge < -0.3 is 25.8 Å². The van der Waals surface area contributed by atoms with E-state index in [9.17, 15) is 14.0 Å². The van der Waals surface area contributed by atoms with Gasteiger partial charge in [-0.3, -0.25) is 14.6 Å². The molecule has 2 saturated heterocycles. The fourth-order valence-corrected chi connectivity index (χ4v) is 4.95. The summed E-state index contributed by atoms with van der Waals surface area (Å²) >= 11 is 5.95. The molecule has 13 heteroatoms. The highest BCUT2D eigenvalue weighted by Crippen LogP contribution is 2.33. The number of hydrogen-bond donors (Lipinski definition) is 2. The third-order valence-corrected chi connectivity index (χ3v) is 6.99. The van der Waals surface area contributed by atoms with Crippen molar-refractivity contribution in [2.75, 3.05) is 62.3 Å². The van der Waals surface area contributed by atoms with Crippen LogP contribution in [0.15, 0.2) is 24.8 Å². The topological polar surface area (TPSA) is 125 Å². The number of pyridine rings is 1. The highest BCUT2D eigenvalue weighted by Gasteiger charge is 2.32. The van der Waals surface area contributed by atoms with E-state index in [0.717, 1.165) is 32.4 Å². The number of nitrogen functional groups attached to an aromatic ring is 1. The number of piperidine rings is 1. The van der Waals surface area contributed by atoms with Crippen LogP contribution in [0.5, 0.6) is 0 Å². The number of aromatic nitrogens is 4. The van der Waals surface area contributed by atoms with E-state index in [0.29, 0.717) is 31.0 Å². The Kier molecular flexibility index (Phi) is 6.63. The van der Waals surface area contributed by atoms with Gasteiger partial charge in [-0.25, -0.2) is 13.9 Å². The standard InChI is InChI=1S/C23H27ClFN9O2/c1-31-6-8-33(9-7-31)23(36)14-2-4-32(5-3-14)19-16(25)11-27-12-17(19)29-22(35)18-20(26)30-34-13-15(24)10-28-21(18)34/h10-14H,2-9H2,1H3,(H2,26,30)(H,29,35). The SMILES string of the molecule is CN1CCN(C(=O)C2CCN(c3c(F)cncc3NC(=O)c3c(N)nn4cc(Cl)cnc34)CC2)CC1. The molecule has 5 heterocycles. The van der Waals surface area contributed by atoms with Crippen LogP contribution in [0.4, 0.5) is 21.6 Å². The maximum Gasteiger partial charge on any atom is 0.263 e. The van der Waals surface area contributed by atoms with Crippen molar-refractivity contribution < 1.29 is 14.0 Å². The lowest BCUT2D eigenvalue weighted by Crippen LogP contribution is -2.50. The number of carbonyl (C=O) groups is 2. The summed E-state index contributed by atoms with van der Waals surface area (Å²) in [6.07, 6.45) is 6.58. The van der Waals surface area contributed by atoms with E-state index >= 15 is 0 Å². The molecule has 3 N–H and O–H groups in total. The van der Waals surface area contributed by atoms with E-state index in [1.54, 1.807) is 0 Å². The summed E-state index contributed by atoms with van der Waals surface area (Å²) in [7, 11) is 2.05. The molecule has 2 aliphatic heterocycles. The molecular weight excluding hydrogens is 489 g/mol. The van der Waals surface area contributed by atoms with Gasteiger partial charge in [-0.1, -0.05) is 11.6 Å². The summed E-state index contributed by atoms with van der Waals surface area (Å²) in [5, 5.41) is 7.14. The minimum absolute atomic E-state index is 0.0311. The number of fused-ring (bicyclic) bond motifs is 1. The first-order valence-corrected chi connectivity index (χ1v) is 12.2. The van der Waals surface area contributed by atoms with Gasteiger partial charge in [-0.15, -0.1) is 5.10 Å². The second-order valence-corrected chi connectivity index (χ2v) is 9.60. The van der Waals surface area contributed by atoms with Crippen LogP contribution in [0.25, 0.3) is 5.65 Å². The number of halogens is 2. The number of nitrogens with zero attached hydrogens (tertiary/aromatic N) is 7. The van der Waals surface area contributed by atoms with Crippen molar-refractivity contribution in [3.63, 3.8) is 0 Å². The van der Waals surface area contributed by atoms with Crippen LogP contribution in [-0.2, 0) is 4.79 Å². The number of hydrogen-bond acceptors (Lipinski definition) is 8.